The summed E-state index contributed by atoms with van der Waals surface area (Å²) in [4.78, 5) is 17.2. The smallest absolute Gasteiger partial charge is 0.275 e. The van der Waals surface area contributed by atoms with E-state index in [2.05, 4.69) is 10.3 Å². The fraction of sp³-hybridized carbons (Fsp3) is 0. The van der Waals surface area contributed by atoms with E-state index >= 15 is 0 Å². The molecule has 0 spiro atoms. The molecule has 0 saturated carbocycles. The lowest BCUT2D eigenvalue weighted by atomic mass is 10.2. The summed E-state index contributed by atoms with van der Waals surface area (Å²) in [7, 11) is 0. The third kappa shape index (κ3) is 2.45. The van der Waals surface area contributed by atoms with Crippen molar-refractivity contribution in [2.75, 3.05) is 0 Å². The van der Waals surface area contributed by atoms with Crippen LogP contribution in [0.15, 0.2) is 52.5 Å². The summed E-state index contributed by atoms with van der Waals surface area (Å²) in [5.41, 5.74) is 1.13. The van der Waals surface area contributed by atoms with Crippen molar-refractivity contribution in [2.45, 2.75) is 0 Å². The van der Waals surface area contributed by atoms with Crippen LogP contribution in [0.4, 0.5) is 0 Å². The van der Waals surface area contributed by atoms with Crippen LogP contribution >= 0.6 is 22.9 Å². The van der Waals surface area contributed by atoms with Gasteiger partial charge in [-0.15, -0.1) is 11.3 Å². The molecular formula is C14H9ClN2OS. The van der Waals surface area contributed by atoms with E-state index in [1.54, 1.807) is 23.5 Å². The number of benzene rings is 1. The molecule has 3 nitrogen and oxygen atoms in total. The Labute approximate surface area is 119 Å². The topological polar surface area (TPSA) is 41.5 Å². The van der Waals surface area contributed by atoms with Crippen LogP contribution in [-0.4, -0.2) is 11.7 Å². The van der Waals surface area contributed by atoms with Gasteiger partial charge in [-0.3, -0.25) is 4.79 Å². The highest BCUT2D eigenvalue weighted by molar-refractivity contribution is 7.10. The molecule has 1 aromatic carbocycles. The van der Waals surface area contributed by atoms with Crippen LogP contribution in [-0.2, 0) is 4.79 Å². The van der Waals surface area contributed by atoms with Crippen molar-refractivity contribution in [1.82, 2.24) is 5.32 Å². The lowest BCUT2D eigenvalue weighted by molar-refractivity contribution is -0.115. The third-order valence-corrected chi connectivity index (χ3v) is 3.80. The van der Waals surface area contributed by atoms with Gasteiger partial charge in [0.25, 0.3) is 5.91 Å². The van der Waals surface area contributed by atoms with E-state index in [0.717, 1.165) is 10.4 Å². The largest absolute Gasteiger partial charge is 0.305 e. The Bertz CT molecular complexity index is 689. The Hall–Kier alpha value is -1.91. The van der Waals surface area contributed by atoms with Gasteiger partial charge in [0.2, 0.25) is 0 Å². The van der Waals surface area contributed by atoms with Crippen molar-refractivity contribution in [2.24, 2.45) is 4.99 Å². The first-order valence-electron chi connectivity index (χ1n) is 5.64. The van der Waals surface area contributed by atoms with Crippen LogP contribution in [0.5, 0.6) is 0 Å². The predicted molar refractivity (Wildman–Crippen MR) is 78.4 cm³/mol. The summed E-state index contributed by atoms with van der Waals surface area (Å²) in [6.07, 6.45) is 1.77. The summed E-state index contributed by atoms with van der Waals surface area (Å²) in [6, 6.07) is 11.2. The quantitative estimate of drug-likeness (QED) is 0.846. The zero-order valence-electron chi connectivity index (χ0n) is 9.76. The zero-order chi connectivity index (χ0) is 13.2. The van der Waals surface area contributed by atoms with Crippen molar-refractivity contribution in [1.29, 1.82) is 0 Å². The number of carbonyl (C=O) groups is 1. The fourth-order valence-corrected chi connectivity index (χ4v) is 2.63. The minimum Gasteiger partial charge on any atom is -0.305 e. The zero-order valence-corrected chi connectivity index (χ0v) is 11.3. The summed E-state index contributed by atoms with van der Waals surface area (Å²) in [5, 5.41) is 5.26. The fourth-order valence-electron chi connectivity index (χ4n) is 1.76. The standard InChI is InChI=1S/C14H9ClN2OS/c15-11-6-2-1-5-10(11)13-16-12(14(18)17-13)8-9-4-3-7-19-9/h1-8H,(H,16,17,18)/b12-8+. The van der Waals surface area contributed by atoms with Gasteiger partial charge in [0.15, 0.2) is 0 Å². The number of amidine groups is 1. The Morgan fingerprint density at radius 2 is 2.05 bits per heavy atom. The number of rotatable bonds is 2. The van der Waals surface area contributed by atoms with Crippen molar-refractivity contribution in [3.63, 3.8) is 0 Å². The first-order chi connectivity index (χ1) is 9.24. The number of thiophene rings is 1. The molecule has 1 aliphatic rings. The number of carbonyl (C=O) groups excluding carboxylic acids is 1. The molecule has 5 heteroatoms. The van der Waals surface area contributed by atoms with Crippen molar-refractivity contribution >= 4 is 40.8 Å². The minimum absolute atomic E-state index is 0.205. The number of nitrogens with one attached hydrogen (secondary N) is 1. The molecule has 2 aromatic rings. The second-order valence-electron chi connectivity index (χ2n) is 3.94. The molecule has 2 heterocycles. The van der Waals surface area contributed by atoms with E-state index in [9.17, 15) is 4.79 Å². The molecule has 0 bridgehead atoms. The predicted octanol–water partition coefficient (Wildman–Crippen LogP) is 3.32. The maximum Gasteiger partial charge on any atom is 0.275 e. The Kier molecular flexibility index (Phi) is 3.19. The Morgan fingerprint density at radius 3 is 2.79 bits per heavy atom. The van der Waals surface area contributed by atoms with E-state index in [4.69, 9.17) is 11.6 Å². The summed E-state index contributed by atoms with van der Waals surface area (Å²) in [6.45, 7) is 0. The van der Waals surface area contributed by atoms with Gasteiger partial charge in [-0.1, -0.05) is 29.8 Å². The van der Waals surface area contributed by atoms with Gasteiger partial charge in [0.1, 0.15) is 11.5 Å². The molecule has 0 radical (unpaired) electrons. The SMILES string of the molecule is O=C1NC(c2ccccc2Cl)=N/C1=C/c1cccs1. The van der Waals surface area contributed by atoms with Crippen molar-refractivity contribution < 1.29 is 4.79 Å². The molecule has 0 fully saturated rings. The summed E-state index contributed by atoms with van der Waals surface area (Å²) >= 11 is 7.65. The third-order valence-electron chi connectivity index (χ3n) is 2.65. The maximum atomic E-state index is 11.9. The monoisotopic (exact) mass is 288 g/mol. The second kappa shape index (κ2) is 4.99. The van der Waals surface area contributed by atoms with Crippen molar-refractivity contribution in [3.8, 4) is 0 Å². The highest BCUT2D eigenvalue weighted by Crippen LogP contribution is 2.21. The van der Waals surface area contributed by atoms with Gasteiger partial charge in [0, 0.05) is 10.4 Å². The van der Waals surface area contributed by atoms with E-state index < -0.39 is 0 Å². The molecule has 1 aliphatic heterocycles. The number of halogens is 1. The average Bonchev–Trinajstić information content (AvgIpc) is 3.02. The first-order valence-corrected chi connectivity index (χ1v) is 6.90. The van der Waals surface area contributed by atoms with Crippen LogP contribution in [0, 0.1) is 0 Å². The Balaban J connectivity index is 1.98. The maximum absolute atomic E-state index is 11.9. The molecule has 19 heavy (non-hydrogen) atoms. The van der Waals surface area contributed by atoms with Gasteiger partial charge in [-0.2, -0.15) is 0 Å². The molecule has 94 valence electrons. The van der Waals surface area contributed by atoms with Gasteiger partial charge in [0.05, 0.1) is 5.02 Å². The number of aliphatic imine (C=N–C) groups is 1. The second-order valence-corrected chi connectivity index (χ2v) is 5.33. The van der Waals surface area contributed by atoms with Gasteiger partial charge in [-0.25, -0.2) is 4.99 Å². The first kappa shape index (κ1) is 12.1. The number of hydrogen-bond acceptors (Lipinski definition) is 3. The molecule has 1 amide bonds. The van der Waals surface area contributed by atoms with E-state index in [0.29, 0.717) is 16.6 Å². The molecule has 3 rings (SSSR count). The van der Waals surface area contributed by atoms with E-state index in [1.807, 2.05) is 35.7 Å². The van der Waals surface area contributed by atoms with Crippen LogP contribution in [0.3, 0.4) is 0 Å². The molecule has 0 aliphatic carbocycles. The number of hydrogen-bond donors (Lipinski definition) is 1. The van der Waals surface area contributed by atoms with Gasteiger partial charge >= 0.3 is 0 Å². The molecule has 0 unspecified atom stereocenters. The number of amides is 1. The minimum atomic E-state index is -0.205. The summed E-state index contributed by atoms with van der Waals surface area (Å²) in [5.74, 6) is 0.293. The van der Waals surface area contributed by atoms with Crippen LogP contribution < -0.4 is 5.32 Å². The van der Waals surface area contributed by atoms with Gasteiger partial charge < -0.3 is 5.32 Å². The van der Waals surface area contributed by atoms with Crippen molar-refractivity contribution in [3.05, 3.63) is 62.9 Å². The lowest BCUT2D eigenvalue weighted by Gasteiger charge is -2.01. The number of nitrogens with zero attached hydrogens (tertiary/aromatic N) is 1. The molecule has 1 N–H and O–H groups in total. The van der Waals surface area contributed by atoms with Crippen LogP contribution in [0.2, 0.25) is 5.02 Å². The van der Waals surface area contributed by atoms with E-state index in [1.165, 1.54) is 0 Å². The van der Waals surface area contributed by atoms with E-state index in [-0.39, 0.29) is 5.91 Å². The highest BCUT2D eigenvalue weighted by Gasteiger charge is 2.22. The average molecular weight is 289 g/mol. The van der Waals surface area contributed by atoms with Crippen LogP contribution in [0.25, 0.3) is 6.08 Å². The van der Waals surface area contributed by atoms with Gasteiger partial charge in [-0.05, 0) is 29.7 Å². The Morgan fingerprint density at radius 1 is 1.21 bits per heavy atom. The molecular weight excluding hydrogens is 280 g/mol. The van der Waals surface area contributed by atoms with Crippen LogP contribution in [0.1, 0.15) is 10.4 Å². The highest BCUT2D eigenvalue weighted by atomic mass is 35.5. The normalized spacial score (nSPS) is 16.6. The lowest BCUT2D eigenvalue weighted by Crippen LogP contribution is -2.24. The molecule has 1 aromatic heterocycles. The molecule has 0 atom stereocenters. The summed E-state index contributed by atoms with van der Waals surface area (Å²) < 4.78 is 0. The molecule has 0 saturated heterocycles.